The predicted molar refractivity (Wildman–Crippen MR) is 52.3 cm³/mol. The second kappa shape index (κ2) is 5.19. The Bertz CT molecular complexity index is 172. The van der Waals surface area contributed by atoms with Crippen molar-refractivity contribution in [3.05, 3.63) is 0 Å². The van der Waals surface area contributed by atoms with Crippen molar-refractivity contribution in [2.24, 2.45) is 5.73 Å². The lowest BCUT2D eigenvalue weighted by Crippen LogP contribution is -2.50. The molecule has 0 aromatic heterocycles. The minimum atomic E-state index is -0.192. The molecular formula is C9H19N3O. The van der Waals surface area contributed by atoms with Crippen molar-refractivity contribution in [2.45, 2.75) is 25.8 Å². The number of amides is 1. The average Bonchev–Trinajstić information content (AvgIpc) is 2.08. The summed E-state index contributed by atoms with van der Waals surface area (Å²) in [6.07, 6.45) is 1.40. The Morgan fingerprint density at radius 1 is 1.69 bits per heavy atom. The maximum Gasteiger partial charge on any atom is 0.217 e. The number of primary amides is 1. The number of piperazine rings is 1. The third-order valence-corrected chi connectivity index (χ3v) is 2.51. The molecule has 1 unspecified atom stereocenters. The standard InChI is InChI=1S/C9H19N3O/c1-8-7-11-4-6-12(8)5-2-3-9(10)13/h8,11H,2-7H2,1H3,(H2,10,13). The topological polar surface area (TPSA) is 58.4 Å². The van der Waals surface area contributed by atoms with Crippen LogP contribution in [-0.2, 0) is 4.79 Å². The van der Waals surface area contributed by atoms with Crippen molar-refractivity contribution in [3.63, 3.8) is 0 Å². The van der Waals surface area contributed by atoms with Gasteiger partial charge in [0.15, 0.2) is 0 Å². The molecule has 1 atom stereocenters. The molecule has 1 aliphatic heterocycles. The summed E-state index contributed by atoms with van der Waals surface area (Å²) in [4.78, 5) is 12.9. The molecule has 1 fully saturated rings. The van der Waals surface area contributed by atoms with Crippen LogP contribution in [0.5, 0.6) is 0 Å². The zero-order chi connectivity index (χ0) is 9.68. The Morgan fingerprint density at radius 3 is 3.08 bits per heavy atom. The fraction of sp³-hybridized carbons (Fsp3) is 0.889. The van der Waals surface area contributed by atoms with Crippen LogP contribution >= 0.6 is 0 Å². The van der Waals surface area contributed by atoms with E-state index in [9.17, 15) is 4.79 Å². The lowest BCUT2D eigenvalue weighted by Gasteiger charge is -2.33. The van der Waals surface area contributed by atoms with E-state index in [0.29, 0.717) is 12.5 Å². The van der Waals surface area contributed by atoms with Gasteiger partial charge in [-0.3, -0.25) is 9.69 Å². The van der Waals surface area contributed by atoms with Crippen LogP contribution in [0.25, 0.3) is 0 Å². The number of carbonyl (C=O) groups excluding carboxylic acids is 1. The highest BCUT2D eigenvalue weighted by molar-refractivity contribution is 5.73. The highest BCUT2D eigenvalue weighted by Crippen LogP contribution is 2.03. The molecule has 1 amide bonds. The number of rotatable bonds is 4. The SMILES string of the molecule is CC1CNCCN1CCCC(N)=O. The molecule has 0 aliphatic carbocycles. The van der Waals surface area contributed by atoms with Crippen LogP contribution in [0.2, 0.25) is 0 Å². The summed E-state index contributed by atoms with van der Waals surface area (Å²) in [5.74, 6) is -0.192. The summed E-state index contributed by atoms with van der Waals surface area (Å²) in [6, 6.07) is 0.585. The van der Waals surface area contributed by atoms with Crippen LogP contribution in [0, 0.1) is 0 Å². The van der Waals surface area contributed by atoms with Gasteiger partial charge in [0, 0.05) is 32.1 Å². The van der Waals surface area contributed by atoms with Crippen molar-refractivity contribution in [3.8, 4) is 0 Å². The van der Waals surface area contributed by atoms with Crippen molar-refractivity contribution in [2.75, 3.05) is 26.2 Å². The molecule has 3 N–H and O–H groups in total. The van der Waals surface area contributed by atoms with Crippen molar-refractivity contribution >= 4 is 5.91 Å². The zero-order valence-corrected chi connectivity index (χ0v) is 8.25. The second-order valence-corrected chi connectivity index (χ2v) is 3.66. The van der Waals surface area contributed by atoms with E-state index < -0.39 is 0 Å². The maximum absolute atomic E-state index is 10.5. The number of nitrogens with zero attached hydrogens (tertiary/aromatic N) is 1. The third kappa shape index (κ3) is 3.74. The largest absolute Gasteiger partial charge is 0.370 e. The average molecular weight is 185 g/mol. The van der Waals surface area contributed by atoms with Crippen molar-refractivity contribution in [1.29, 1.82) is 0 Å². The zero-order valence-electron chi connectivity index (χ0n) is 8.25. The normalized spacial score (nSPS) is 24.5. The fourth-order valence-electron chi connectivity index (χ4n) is 1.67. The van der Waals surface area contributed by atoms with Gasteiger partial charge in [0.25, 0.3) is 0 Å². The number of hydrogen-bond acceptors (Lipinski definition) is 3. The number of hydrogen-bond donors (Lipinski definition) is 2. The Labute approximate surface area is 79.5 Å². The van der Waals surface area contributed by atoms with Crippen LogP contribution in [0.15, 0.2) is 0 Å². The lowest BCUT2D eigenvalue weighted by molar-refractivity contribution is -0.118. The smallest absolute Gasteiger partial charge is 0.217 e. The van der Waals surface area contributed by atoms with Gasteiger partial charge in [0.05, 0.1) is 0 Å². The van der Waals surface area contributed by atoms with Gasteiger partial charge in [-0.1, -0.05) is 0 Å². The van der Waals surface area contributed by atoms with Gasteiger partial charge in [-0.25, -0.2) is 0 Å². The summed E-state index contributed by atoms with van der Waals surface area (Å²) >= 11 is 0. The molecule has 1 saturated heterocycles. The molecule has 0 radical (unpaired) electrons. The molecule has 1 aliphatic rings. The van der Waals surface area contributed by atoms with Gasteiger partial charge in [-0.15, -0.1) is 0 Å². The van der Waals surface area contributed by atoms with Gasteiger partial charge >= 0.3 is 0 Å². The van der Waals surface area contributed by atoms with Crippen LogP contribution in [0.3, 0.4) is 0 Å². The summed E-state index contributed by atoms with van der Waals surface area (Å²) < 4.78 is 0. The molecule has 0 aromatic rings. The first-order valence-electron chi connectivity index (χ1n) is 4.93. The Balaban J connectivity index is 2.15. The van der Waals surface area contributed by atoms with Crippen LogP contribution in [-0.4, -0.2) is 43.0 Å². The fourth-order valence-corrected chi connectivity index (χ4v) is 1.67. The summed E-state index contributed by atoms with van der Waals surface area (Å²) in [5, 5.41) is 3.33. The lowest BCUT2D eigenvalue weighted by atomic mass is 10.2. The molecule has 4 nitrogen and oxygen atoms in total. The van der Waals surface area contributed by atoms with E-state index in [0.717, 1.165) is 32.6 Å². The van der Waals surface area contributed by atoms with E-state index in [1.165, 1.54) is 0 Å². The van der Waals surface area contributed by atoms with Gasteiger partial charge in [-0.2, -0.15) is 0 Å². The quantitative estimate of drug-likeness (QED) is 0.623. The Morgan fingerprint density at radius 2 is 2.46 bits per heavy atom. The molecule has 0 spiro atoms. The molecule has 1 heterocycles. The monoisotopic (exact) mass is 185 g/mol. The van der Waals surface area contributed by atoms with Gasteiger partial charge < -0.3 is 11.1 Å². The van der Waals surface area contributed by atoms with Crippen molar-refractivity contribution in [1.82, 2.24) is 10.2 Å². The summed E-state index contributed by atoms with van der Waals surface area (Å²) in [7, 11) is 0. The first kappa shape index (κ1) is 10.5. The van der Waals surface area contributed by atoms with E-state index in [1.54, 1.807) is 0 Å². The van der Waals surface area contributed by atoms with Gasteiger partial charge in [0.1, 0.15) is 0 Å². The number of carbonyl (C=O) groups is 1. The molecule has 4 heteroatoms. The van der Waals surface area contributed by atoms with Crippen LogP contribution < -0.4 is 11.1 Å². The van der Waals surface area contributed by atoms with Gasteiger partial charge in [0.2, 0.25) is 5.91 Å². The number of nitrogens with one attached hydrogen (secondary N) is 1. The van der Waals surface area contributed by atoms with E-state index in [1.807, 2.05) is 0 Å². The predicted octanol–water partition coefficient (Wildman–Crippen LogP) is -0.454. The molecule has 0 bridgehead atoms. The highest BCUT2D eigenvalue weighted by atomic mass is 16.1. The number of nitrogens with two attached hydrogens (primary N) is 1. The second-order valence-electron chi connectivity index (χ2n) is 3.66. The van der Waals surface area contributed by atoms with Crippen LogP contribution in [0.1, 0.15) is 19.8 Å². The minimum Gasteiger partial charge on any atom is -0.370 e. The molecule has 76 valence electrons. The molecular weight excluding hydrogens is 166 g/mol. The van der Waals surface area contributed by atoms with E-state index in [4.69, 9.17) is 5.73 Å². The molecule has 0 saturated carbocycles. The summed E-state index contributed by atoms with van der Waals surface area (Å²) in [5.41, 5.74) is 5.07. The van der Waals surface area contributed by atoms with Gasteiger partial charge in [-0.05, 0) is 19.9 Å². The van der Waals surface area contributed by atoms with E-state index in [2.05, 4.69) is 17.1 Å². The highest BCUT2D eigenvalue weighted by Gasteiger charge is 2.16. The molecule has 0 aromatic carbocycles. The first-order chi connectivity index (χ1) is 6.20. The summed E-state index contributed by atoms with van der Waals surface area (Å²) in [6.45, 7) is 6.39. The maximum atomic E-state index is 10.5. The molecule has 13 heavy (non-hydrogen) atoms. The first-order valence-corrected chi connectivity index (χ1v) is 4.93. The van der Waals surface area contributed by atoms with Crippen LogP contribution in [0.4, 0.5) is 0 Å². The third-order valence-electron chi connectivity index (χ3n) is 2.51. The van der Waals surface area contributed by atoms with Crippen molar-refractivity contribution < 1.29 is 4.79 Å². The molecule has 1 rings (SSSR count). The van der Waals surface area contributed by atoms with E-state index in [-0.39, 0.29) is 5.91 Å². The Kier molecular flexibility index (Phi) is 4.18. The Hall–Kier alpha value is -0.610. The minimum absolute atomic E-state index is 0.192. The van der Waals surface area contributed by atoms with E-state index >= 15 is 0 Å².